The van der Waals surface area contributed by atoms with Crippen molar-refractivity contribution in [3.63, 3.8) is 0 Å². The Morgan fingerprint density at radius 3 is 2.12 bits per heavy atom. The fourth-order valence-electron chi connectivity index (χ4n) is 12.0. The van der Waals surface area contributed by atoms with Gasteiger partial charge < -0.3 is 9.80 Å². The van der Waals surface area contributed by atoms with Crippen molar-refractivity contribution in [2.45, 2.75) is 50.3 Å². The zero-order chi connectivity index (χ0) is 39.5. The number of hydrogen-bond donors (Lipinski definition) is 0. The van der Waals surface area contributed by atoms with Crippen LogP contribution >= 0.6 is 0 Å². The van der Waals surface area contributed by atoms with E-state index in [4.69, 9.17) is 0 Å². The summed E-state index contributed by atoms with van der Waals surface area (Å²) in [5, 5.41) is 2.75. The summed E-state index contributed by atoms with van der Waals surface area (Å²) in [7, 11) is 0. The zero-order valence-electron chi connectivity index (χ0n) is 33.9. The lowest BCUT2D eigenvalue weighted by Crippen LogP contribution is -2.57. The molecule has 282 valence electrons. The summed E-state index contributed by atoms with van der Waals surface area (Å²) in [4.78, 5) is 5.08. The van der Waals surface area contributed by atoms with E-state index in [2.05, 4.69) is 219 Å². The largest absolute Gasteiger partial charge is 0.314 e. The number of fused-ring (bicyclic) bond motifs is 7. The van der Waals surface area contributed by atoms with Gasteiger partial charge in [0.25, 0.3) is 0 Å². The molecule has 7 aromatic carbocycles. The molecule has 3 heteroatoms. The van der Waals surface area contributed by atoms with E-state index in [1.807, 2.05) is 0 Å². The van der Waals surface area contributed by atoms with Gasteiger partial charge in [0.1, 0.15) is 0 Å². The predicted molar refractivity (Wildman–Crippen MR) is 250 cm³/mol. The highest BCUT2D eigenvalue weighted by Crippen LogP contribution is 2.64. The second-order valence-corrected chi connectivity index (χ2v) is 17.6. The molecule has 2 nitrogen and oxygen atoms in total. The molecule has 12 rings (SSSR count). The molecule has 2 heterocycles. The summed E-state index contributed by atoms with van der Waals surface area (Å²) >= 11 is 0. The third-order valence-corrected chi connectivity index (χ3v) is 14.3. The first-order chi connectivity index (χ1) is 29.0. The molecule has 0 saturated heterocycles. The average Bonchev–Trinajstić information content (AvgIpc) is 3.53. The van der Waals surface area contributed by atoms with Crippen LogP contribution < -0.4 is 15.3 Å². The molecule has 59 heavy (non-hydrogen) atoms. The van der Waals surface area contributed by atoms with Crippen LogP contribution in [0.5, 0.6) is 0 Å². The van der Waals surface area contributed by atoms with E-state index in [1.165, 1.54) is 72.3 Å². The summed E-state index contributed by atoms with van der Waals surface area (Å²) in [6.45, 7) is 7.80. The fraction of sp³-hybridized carbons (Fsp3) is 0.143. The van der Waals surface area contributed by atoms with Gasteiger partial charge in [0.15, 0.2) is 0 Å². The quantitative estimate of drug-likeness (QED) is 0.161. The Morgan fingerprint density at radius 2 is 1.36 bits per heavy atom. The van der Waals surface area contributed by atoms with Crippen LogP contribution in [0.2, 0.25) is 5.82 Å². The Labute approximate surface area is 348 Å². The molecule has 2 aliphatic heterocycles. The van der Waals surface area contributed by atoms with Crippen molar-refractivity contribution in [2.75, 3.05) is 9.80 Å². The molecule has 0 fully saturated rings. The van der Waals surface area contributed by atoms with Crippen LogP contribution in [-0.4, -0.2) is 6.71 Å². The maximum absolute atomic E-state index is 2.69. The van der Waals surface area contributed by atoms with Gasteiger partial charge in [-0.1, -0.05) is 159 Å². The topological polar surface area (TPSA) is 6.48 Å². The monoisotopic (exact) mass is 756 g/mol. The number of rotatable bonds is 5. The second-order valence-electron chi connectivity index (χ2n) is 17.6. The van der Waals surface area contributed by atoms with Crippen molar-refractivity contribution in [3.05, 3.63) is 227 Å². The standard InChI is InChI=1S/C56H45BN2/c1-55(2)46-33-14-13-30-43(46)51-54(55)57-47-34-15-16-35-48(47)59(42-29-19-28-41(36-42)58(39-24-9-5-10-25-39)40-26-11-6-12-27-40)53-45-32-18-21-37-20-17-31-44(49(37)45)50(52(53)57)56(51,3)38-22-7-4-8-23-38/h4-30,32-33,35-36,47H,31,34H2,1-3H3. The van der Waals surface area contributed by atoms with Gasteiger partial charge in [-0.05, 0) is 124 Å². The van der Waals surface area contributed by atoms with Gasteiger partial charge in [-0.25, -0.2) is 0 Å². The summed E-state index contributed by atoms with van der Waals surface area (Å²) in [6, 6.07) is 58.7. The Hall–Kier alpha value is -6.58. The molecular formula is C56H45BN2. The second kappa shape index (κ2) is 12.7. The third-order valence-electron chi connectivity index (χ3n) is 14.3. The van der Waals surface area contributed by atoms with Gasteiger partial charge in [0, 0.05) is 50.4 Å². The minimum atomic E-state index is -0.389. The molecule has 0 bridgehead atoms. The SMILES string of the molecule is CC1(C)C2=C(c3ccccc31)C(C)(c1ccccc1)c1c3c(c4cccc5c4c1CC=C5)N(c1cccc(N(c4ccccc4)c4ccccc4)c1)C1=CC=CCC1B23. The highest BCUT2D eigenvalue weighted by atomic mass is 15.2. The lowest BCUT2D eigenvalue weighted by atomic mass is 9.23. The molecule has 2 unspecified atom stereocenters. The lowest BCUT2D eigenvalue weighted by Gasteiger charge is -2.53. The van der Waals surface area contributed by atoms with Gasteiger partial charge in [0.05, 0.1) is 0 Å². The maximum atomic E-state index is 2.69. The van der Waals surface area contributed by atoms with Crippen molar-refractivity contribution < 1.29 is 0 Å². The average molecular weight is 757 g/mol. The number of allylic oxidation sites excluding steroid dienone is 7. The van der Waals surface area contributed by atoms with Gasteiger partial charge in [0.2, 0.25) is 6.71 Å². The summed E-state index contributed by atoms with van der Waals surface area (Å²) < 4.78 is 0. The highest BCUT2D eigenvalue weighted by molar-refractivity contribution is 6.86. The van der Waals surface area contributed by atoms with Crippen molar-refractivity contribution >= 4 is 63.0 Å². The number of nitrogens with zero attached hydrogens (tertiary/aromatic N) is 2. The predicted octanol–water partition coefficient (Wildman–Crippen LogP) is 13.6. The summed E-state index contributed by atoms with van der Waals surface area (Å²) in [5.74, 6) is 0.264. The molecule has 0 spiro atoms. The van der Waals surface area contributed by atoms with E-state index in [0.29, 0.717) is 0 Å². The molecule has 0 aromatic heterocycles. The zero-order valence-corrected chi connectivity index (χ0v) is 33.9. The third kappa shape index (κ3) is 4.70. The van der Waals surface area contributed by atoms with E-state index < -0.39 is 0 Å². The fourth-order valence-corrected chi connectivity index (χ4v) is 12.0. The van der Waals surface area contributed by atoms with E-state index in [1.54, 1.807) is 5.47 Å². The molecule has 0 amide bonds. The van der Waals surface area contributed by atoms with E-state index >= 15 is 0 Å². The molecule has 0 radical (unpaired) electrons. The molecule has 5 aliphatic rings. The molecular weight excluding hydrogens is 711 g/mol. The van der Waals surface area contributed by atoms with Crippen molar-refractivity contribution in [2.24, 2.45) is 0 Å². The number of para-hydroxylation sites is 2. The van der Waals surface area contributed by atoms with Crippen LogP contribution in [0.1, 0.15) is 60.6 Å². The number of hydrogen-bond acceptors (Lipinski definition) is 2. The van der Waals surface area contributed by atoms with Gasteiger partial charge in [-0.15, -0.1) is 0 Å². The van der Waals surface area contributed by atoms with Crippen molar-refractivity contribution in [1.29, 1.82) is 0 Å². The smallest absolute Gasteiger partial charge is 0.218 e. The normalized spacial score (nSPS) is 20.2. The first kappa shape index (κ1) is 34.5. The summed E-state index contributed by atoms with van der Waals surface area (Å²) in [5.41, 5.74) is 20.0. The molecule has 3 aliphatic carbocycles. The van der Waals surface area contributed by atoms with Crippen LogP contribution in [0, 0.1) is 0 Å². The van der Waals surface area contributed by atoms with Crippen LogP contribution in [0.25, 0.3) is 22.4 Å². The van der Waals surface area contributed by atoms with E-state index in [-0.39, 0.29) is 23.4 Å². The number of anilines is 5. The molecule has 7 aromatic rings. The molecule has 0 saturated carbocycles. The molecule has 2 atom stereocenters. The van der Waals surface area contributed by atoms with E-state index in [0.717, 1.165) is 29.9 Å². The summed E-state index contributed by atoms with van der Waals surface area (Å²) in [6.07, 6.45) is 13.9. The highest BCUT2D eigenvalue weighted by Gasteiger charge is 2.59. The van der Waals surface area contributed by atoms with Crippen LogP contribution in [0.3, 0.4) is 0 Å². The first-order valence-electron chi connectivity index (χ1n) is 21.3. The Morgan fingerprint density at radius 1 is 0.678 bits per heavy atom. The van der Waals surface area contributed by atoms with Crippen molar-refractivity contribution in [3.8, 4) is 0 Å². The van der Waals surface area contributed by atoms with Crippen LogP contribution in [0.15, 0.2) is 193 Å². The first-order valence-corrected chi connectivity index (χ1v) is 21.3. The van der Waals surface area contributed by atoms with Crippen molar-refractivity contribution in [1.82, 2.24) is 0 Å². The van der Waals surface area contributed by atoms with Gasteiger partial charge in [-0.2, -0.15) is 0 Å². The van der Waals surface area contributed by atoms with Crippen LogP contribution in [0.4, 0.5) is 28.4 Å². The van der Waals surface area contributed by atoms with Gasteiger partial charge >= 0.3 is 0 Å². The minimum absolute atomic E-state index is 0.157. The van der Waals surface area contributed by atoms with Gasteiger partial charge in [-0.3, -0.25) is 0 Å². The minimum Gasteiger partial charge on any atom is -0.314 e. The Balaban J connectivity index is 1.21. The Kier molecular flexibility index (Phi) is 7.42. The van der Waals surface area contributed by atoms with E-state index in [9.17, 15) is 0 Å². The van der Waals surface area contributed by atoms with Crippen LogP contribution in [-0.2, 0) is 17.3 Å². The number of benzene rings is 7. The lowest BCUT2D eigenvalue weighted by molar-refractivity contribution is 0.652. The molecule has 0 N–H and O–H groups in total. The Bertz CT molecular complexity index is 2950. The maximum Gasteiger partial charge on any atom is 0.218 e.